The molecule has 2 aliphatic rings. The van der Waals surface area contributed by atoms with Crippen LogP contribution in [0.25, 0.3) is 0 Å². The Morgan fingerprint density at radius 2 is 2.46 bits per heavy atom. The van der Waals surface area contributed by atoms with Gasteiger partial charge < -0.3 is 10.6 Å². The molecule has 1 amide bonds. The summed E-state index contributed by atoms with van der Waals surface area (Å²) in [5, 5.41) is 6.33. The molecule has 2 atom stereocenters. The molecule has 13 heavy (non-hydrogen) atoms. The number of hydrogen-bond acceptors (Lipinski definition) is 2. The average Bonchev–Trinajstić information content (AvgIpc) is 2.41. The first-order valence-electron chi connectivity index (χ1n) is 5.21. The van der Waals surface area contributed by atoms with Crippen molar-refractivity contribution >= 4 is 5.91 Å². The molecular formula is C10H18N2O. The minimum absolute atomic E-state index is 0.240. The lowest BCUT2D eigenvalue weighted by atomic mass is 9.70. The van der Waals surface area contributed by atoms with E-state index in [1.54, 1.807) is 0 Å². The van der Waals surface area contributed by atoms with Crippen molar-refractivity contribution < 1.29 is 4.79 Å². The van der Waals surface area contributed by atoms with Gasteiger partial charge in [-0.25, -0.2) is 0 Å². The molecule has 3 nitrogen and oxygen atoms in total. The predicted octanol–water partition coefficient (Wildman–Crippen LogP) is 0.655. The van der Waals surface area contributed by atoms with Crippen molar-refractivity contribution in [3.05, 3.63) is 0 Å². The van der Waals surface area contributed by atoms with Crippen LogP contribution in [0.2, 0.25) is 0 Å². The number of carbonyl (C=O) groups excluding carboxylic acids is 1. The summed E-state index contributed by atoms with van der Waals surface area (Å²) in [7, 11) is 1.98. The number of amides is 1. The third kappa shape index (κ3) is 1.46. The predicted molar refractivity (Wildman–Crippen MR) is 51.4 cm³/mol. The van der Waals surface area contributed by atoms with Crippen LogP contribution in [-0.4, -0.2) is 25.5 Å². The Kier molecular flexibility index (Phi) is 2.28. The van der Waals surface area contributed by atoms with Crippen molar-refractivity contribution in [1.82, 2.24) is 10.6 Å². The molecule has 0 spiro atoms. The molecule has 0 aromatic heterocycles. The van der Waals surface area contributed by atoms with Crippen LogP contribution < -0.4 is 10.6 Å². The van der Waals surface area contributed by atoms with E-state index in [1.807, 2.05) is 7.05 Å². The van der Waals surface area contributed by atoms with Crippen LogP contribution in [0, 0.1) is 5.41 Å². The van der Waals surface area contributed by atoms with Crippen LogP contribution >= 0.6 is 0 Å². The van der Waals surface area contributed by atoms with Crippen LogP contribution in [0.15, 0.2) is 0 Å². The van der Waals surface area contributed by atoms with E-state index in [9.17, 15) is 4.79 Å². The second-order valence-corrected chi connectivity index (χ2v) is 4.44. The number of fused-ring (bicyclic) bond motifs is 1. The van der Waals surface area contributed by atoms with E-state index in [4.69, 9.17) is 0 Å². The van der Waals surface area contributed by atoms with E-state index in [2.05, 4.69) is 10.6 Å². The van der Waals surface area contributed by atoms with Crippen LogP contribution in [0.1, 0.15) is 32.1 Å². The summed E-state index contributed by atoms with van der Waals surface area (Å²) in [4.78, 5) is 11.4. The largest absolute Gasteiger partial charge is 0.353 e. The SMILES string of the molecule is CNC[C@@]12CCCCC1NC(=O)C2. The molecule has 2 N–H and O–H groups in total. The fourth-order valence-corrected chi connectivity index (χ4v) is 2.93. The van der Waals surface area contributed by atoms with Crippen molar-refractivity contribution in [2.75, 3.05) is 13.6 Å². The second-order valence-electron chi connectivity index (χ2n) is 4.44. The lowest BCUT2D eigenvalue weighted by Gasteiger charge is -2.37. The quantitative estimate of drug-likeness (QED) is 0.658. The summed E-state index contributed by atoms with van der Waals surface area (Å²) >= 11 is 0. The van der Waals surface area contributed by atoms with Gasteiger partial charge in [-0.2, -0.15) is 0 Å². The Bertz CT molecular complexity index is 213. The Hall–Kier alpha value is -0.570. The van der Waals surface area contributed by atoms with Crippen LogP contribution in [-0.2, 0) is 4.79 Å². The van der Waals surface area contributed by atoms with Crippen molar-refractivity contribution in [2.24, 2.45) is 5.41 Å². The maximum atomic E-state index is 11.4. The molecule has 2 rings (SSSR count). The molecule has 1 saturated heterocycles. The maximum Gasteiger partial charge on any atom is 0.220 e. The van der Waals surface area contributed by atoms with Gasteiger partial charge in [0.2, 0.25) is 5.91 Å². The number of nitrogens with one attached hydrogen (secondary N) is 2. The smallest absolute Gasteiger partial charge is 0.220 e. The monoisotopic (exact) mass is 182 g/mol. The first-order chi connectivity index (χ1) is 6.27. The molecule has 74 valence electrons. The molecule has 0 bridgehead atoms. The van der Waals surface area contributed by atoms with Gasteiger partial charge in [0.25, 0.3) is 0 Å². The Labute approximate surface area is 79.3 Å². The normalized spacial score (nSPS) is 38.5. The molecule has 1 aliphatic carbocycles. The average molecular weight is 182 g/mol. The van der Waals surface area contributed by atoms with E-state index in [0.29, 0.717) is 6.04 Å². The van der Waals surface area contributed by atoms with Crippen molar-refractivity contribution in [3.8, 4) is 0 Å². The summed E-state index contributed by atoms with van der Waals surface area (Å²) in [6, 6.07) is 0.446. The maximum absolute atomic E-state index is 11.4. The summed E-state index contributed by atoms with van der Waals surface area (Å²) in [6.45, 7) is 0.983. The Morgan fingerprint density at radius 3 is 3.23 bits per heavy atom. The minimum Gasteiger partial charge on any atom is -0.353 e. The summed E-state index contributed by atoms with van der Waals surface area (Å²) in [5.41, 5.74) is 0.240. The van der Waals surface area contributed by atoms with Gasteiger partial charge in [0, 0.05) is 24.4 Å². The zero-order valence-electron chi connectivity index (χ0n) is 8.23. The molecule has 0 radical (unpaired) electrons. The van der Waals surface area contributed by atoms with Gasteiger partial charge in [0.15, 0.2) is 0 Å². The summed E-state index contributed by atoms with van der Waals surface area (Å²) in [5.74, 6) is 0.252. The number of carbonyl (C=O) groups is 1. The molecule has 0 aromatic rings. The molecule has 2 fully saturated rings. The minimum atomic E-state index is 0.240. The third-order valence-corrected chi connectivity index (χ3v) is 3.53. The fourth-order valence-electron chi connectivity index (χ4n) is 2.93. The number of hydrogen-bond donors (Lipinski definition) is 2. The molecular weight excluding hydrogens is 164 g/mol. The standard InChI is InChI=1S/C10H18N2O/c1-11-7-10-5-3-2-4-8(10)12-9(13)6-10/h8,11H,2-7H2,1H3,(H,12,13)/t8?,10-/m0/s1. The molecule has 3 heteroatoms. The summed E-state index contributed by atoms with van der Waals surface area (Å²) in [6.07, 6.45) is 5.67. The van der Waals surface area contributed by atoms with Crippen LogP contribution in [0.5, 0.6) is 0 Å². The van der Waals surface area contributed by atoms with Crippen molar-refractivity contribution in [2.45, 2.75) is 38.1 Å². The highest BCUT2D eigenvalue weighted by molar-refractivity contribution is 5.80. The Balaban J connectivity index is 2.14. The van der Waals surface area contributed by atoms with E-state index in [0.717, 1.165) is 13.0 Å². The summed E-state index contributed by atoms with van der Waals surface area (Å²) < 4.78 is 0. The van der Waals surface area contributed by atoms with Crippen LogP contribution in [0.4, 0.5) is 0 Å². The van der Waals surface area contributed by atoms with E-state index >= 15 is 0 Å². The highest BCUT2D eigenvalue weighted by atomic mass is 16.2. The molecule has 0 aromatic carbocycles. The number of rotatable bonds is 2. The Morgan fingerprint density at radius 1 is 1.62 bits per heavy atom. The highest BCUT2D eigenvalue weighted by Crippen LogP contribution is 2.42. The first kappa shape index (κ1) is 9.00. The van der Waals surface area contributed by atoms with E-state index in [1.165, 1.54) is 25.7 Å². The zero-order valence-corrected chi connectivity index (χ0v) is 8.23. The van der Waals surface area contributed by atoms with Gasteiger partial charge >= 0.3 is 0 Å². The molecule has 1 unspecified atom stereocenters. The third-order valence-electron chi connectivity index (χ3n) is 3.53. The lowest BCUT2D eigenvalue weighted by molar-refractivity contribution is -0.119. The fraction of sp³-hybridized carbons (Fsp3) is 0.900. The van der Waals surface area contributed by atoms with E-state index in [-0.39, 0.29) is 11.3 Å². The van der Waals surface area contributed by atoms with Gasteiger partial charge in [-0.1, -0.05) is 12.8 Å². The van der Waals surface area contributed by atoms with Crippen molar-refractivity contribution in [1.29, 1.82) is 0 Å². The van der Waals surface area contributed by atoms with Crippen LogP contribution in [0.3, 0.4) is 0 Å². The van der Waals surface area contributed by atoms with Gasteiger partial charge in [-0.15, -0.1) is 0 Å². The van der Waals surface area contributed by atoms with Gasteiger partial charge in [-0.3, -0.25) is 4.79 Å². The van der Waals surface area contributed by atoms with Crippen molar-refractivity contribution in [3.63, 3.8) is 0 Å². The highest BCUT2D eigenvalue weighted by Gasteiger charge is 2.47. The first-order valence-corrected chi connectivity index (χ1v) is 5.21. The molecule has 1 heterocycles. The second kappa shape index (κ2) is 3.29. The molecule has 1 saturated carbocycles. The topological polar surface area (TPSA) is 41.1 Å². The van der Waals surface area contributed by atoms with E-state index < -0.39 is 0 Å². The molecule has 1 aliphatic heterocycles. The van der Waals surface area contributed by atoms with Gasteiger partial charge in [0.05, 0.1) is 0 Å². The lowest BCUT2D eigenvalue weighted by Crippen LogP contribution is -2.45. The van der Waals surface area contributed by atoms with Gasteiger partial charge in [0.1, 0.15) is 0 Å². The zero-order chi connectivity index (χ0) is 9.31. The van der Waals surface area contributed by atoms with Gasteiger partial charge in [-0.05, 0) is 19.9 Å².